The minimum Gasteiger partial charge on any atom is -1.00 e. The summed E-state index contributed by atoms with van der Waals surface area (Å²) in [5.74, 6) is 1.53. The molecule has 3 nitrogen and oxygen atoms in total. The lowest BCUT2D eigenvalue weighted by Gasteiger charge is -2.27. The Balaban J connectivity index is 0.00000228. The maximum absolute atomic E-state index is 5.50. The predicted octanol–water partition coefficient (Wildman–Crippen LogP) is 3.70. The number of hydrogen-bond donors (Lipinski definition) is 0. The van der Waals surface area contributed by atoms with Crippen LogP contribution >= 0.6 is 11.3 Å². The van der Waals surface area contributed by atoms with E-state index in [2.05, 4.69) is 89.3 Å². The molecule has 5 heteroatoms. The first-order valence-electron chi connectivity index (χ1n) is 11.4. The molecule has 0 spiro atoms. The van der Waals surface area contributed by atoms with Gasteiger partial charge in [0.2, 0.25) is 5.52 Å². The van der Waals surface area contributed by atoms with Crippen molar-refractivity contribution in [2.45, 2.75) is 31.2 Å². The van der Waals surface area contributed by atoms with Crippen LogP contribution in [0.4, 0.5) is 11.4 Å². The molecule has 4 aromatic rings. The number of aromatic nitrogens is 1. The van der Waals surface area contributed by atoms with Gasteiger partial charge in [-0.25, -0.2) is 0 Å². The third-order valence-corrected chi connectivity index (χ3v) is 8.23. The Morgan fingerprint density at radius 1 is 1.00 bits per heavy atom. The van der Waals surface area contributed by atoms with E-state index in [0.29, 0.717) is 12.0 Å². The fourth-order valence-corrected chi connectivity index (χ4v) is 6.56. The Kier molecular flexibility index (Phi) is 6.02. The van der Waals surface area contributed by atoms with E-state index in [-0.39, 0.29) is 17.0 Å². The predicted molar refractivity (Wildman–Crippen MR) is 134 cm³/mol. The lowest BCUT2D eigenvalue weighted by atomic mass is 9.96. The van der Waals surface area contributed by atoms with Crippen molar-refractivity contribution in [3.05, 3.63) is 82.9 Å². The number of ether oxygens (including phenoxy) is 1. The summed E-state index contributed by atoms with van der Waals surface area (Å²) in [6.07, 6.45) is 8.35. The van der Waals surface area contributed by atoms with Crippen LogP contribution in [0.25, 0.3) is 22.4 Å². The summed E-state index contributed by atoms with van der Waals surface area (Å²) in [6, 6.07) is 24.6. The zero-order valence-corrected chi connectivity index (χ0v) is 21.3. The second-order valence-corrected chi connectivity index (χ2v) is 9.86. The van der Waals surface area contributed by atoms with Gasteiger partial charge in [-0.3, -0.25) is 0 Å². The van der Waals surface area contributed by atoms with E-state index in [1.807, 2.05) is 17.4 Å². The normalized spacial score (nSPS) is 19.0. The van der Waals surface area contributed by atoms with Gasteiger partial charge in [0.25, 0.3) is 5.01 Å². The van der Waals surface area contributed by atoms with Crippen LogP contribution in [-0.2, 0) is 7.05 Å². The van der Waals surface area contributed by atoms with Gasteiger partial charge in [0.1, 0.15) is 17.5 Å². The minimum absolute atomic E-state index is 0. The molecule has 168 valence electrons. The summed E-state index contributed by atoms with van der Waals surface area (Å²) in [4.78, 5) is 2.55. The van der Waals surface area contributed by atoms with Crippen molar-refractivity contribution in [1.82, 2.24) is 0 Å². The molecule has 3 aromatic carbocycles. The molecule has 2 unspecified atom stereocenters. The van der Waals surface area contributed by atoms with Gasteiger partial charge in [-0.1, -0.05) is 42.0 Å². The standard InChI is InChI=1S/C28H27N2OS.BrH/c1-29-26-10-3-4-12-27(26)32-28(29)16-14-19-13-15-25-23(17-19)22-9-6-11-24(22)30(25)20-7-5-8-21(18-20)31-2;/h3-5,7-8,10,12-18,22,24H,6,9,11H2,1-2H3;1H/q+1;/p-1. The van der Waals surface area contributed by atoms with Crippen LogP contribution in [0.2, 0.25) is 0 Å². The largest absolute Gasteiger partial charge is 1.00 e. The Bertz CT molecular complexity index is 1340. The van der Waals surface area contributed by atoms with Gasteiger partial charge in [0.05, 0.1) is 7.11 Å². The summed E-state index contributed by atoms with van der Waals surface area (Å²) in [7, 11) is 3.89. The Morgan fingerprint density at radius 3 is 2.73 bits per heavy atom. The molecule has 1 aliphatic heterocycles. The van der Waals surface area contributed by atoms with Crippen molar-refractivity contribution in [1.29, 1.82) is 0 Å². The number of aryl methyl sites for hydroxylation is 1. The number of thiazole rings is 1. The quantitative estimate of drug-likeness (QED) is 0.383. The summed E-state index contributed by atoms with van der Waals surface area (Å²) in [6.45, 7) is 0. The van der Waals surface area contributed by atoms with E-state index in [0.717, 1.165) is 5.75 Å². The molecular weight excluding hydrogens is 492 g/mol. The summed E-state index contributed by atoms with van der Waals surface area (Å²) < 4.78 is 9.11. The monoisotopic (exact) mass is 518 g/mol. The molecule has 2 atom stereocenters. The van der Waals surface area contributed by atoms with E-state index in [1.165, 1.54) is 57.0 Å². The van der Waals surface area contributed by atoms with Crippen molar-refractivity contribution < 1.29 is 26.3 Å². The van der Waals surface area contributed by atoms with Crippen LogP contribution in [0.15, 0.2) is 66.7 Å². The maximum atomic E-state index is 5.50. The molecule has 0 radical (unpaired) electrons. The highest BCUT2D eigenvalue weighted by atomic mass is 79.9. The van der Waals surface area contributed by atoms with Crippen LogP contribution in [0, 0.1) is 0 Å². The maximum Gasteiger partial charge on any atom is 0.262 e. The lowest BCUT2D eigenvalue weighted by Crippen LogP contribution is -3.00. The zero-order chi connectivity index (χ0) is 21.7. The Hall–Kier alpha value is -2.63. The van der Waals surface area contributed by atoms with Gasteiger partial charge in [-0.15, -0.1) is 0 Å². The highest BCUT2D eigenvalue weighted by Crippen LogP contribution is 2.52. The topological polar surface area (TPSA) is 16.4 Å². The molecule has 0 N–H and O–H groups in total. The van der Waals surface area contributed by atoms with Crippen molar-refractivity contribution >= 4 is 45.1 Å². The van der Waals surface area contributed by atoms with Crippen molar-refractivity contribution in [2.75, 3.05) is 12.0 Å². The van der Waals surface area contributed by atoms with Gasteiger partial charge < -0.3 is 26.6 Å². The first kappa shape index (κ1) is 22.2. The lowest BCUT2D eigenvalue weighted by molar-refractivity contribution is -0.642. The van der Waals surface area contributed by atoms with Gasteiger partial charge in [0.15, 0.2) is 0 Å². The molecule has 0 amide bonds. The number of rotatable bonds is 4. The fourth-order valence-electron chi connectivity index (χ4n) is 5.51. The fraction of sp³-hybridized carbons (Fsp3) is 0.250. The number of fused-ring (bicyclic) bond motifs is 4. The number of halogens is 1. The van der Waals surface area contributed by atoms with Gasteiger partial charge in [-0.05, 0) is 60.4 Å². The van der Waals surface area contributed by atoms with E-state index in [1.54, 1.807) is 7.11 Å². The Labute approximate surface area is 209 Å². The van der Waals surface area contributed by atoms with Crippen molar-refractivity contribution in [3.8, 4) is 5.75 Å². The molecular formula is C28H27BrN2OS. The number of benzene rings is 3. The summed E-state index contributed by atoms with van der Waals surface area (Å²) in [5, 5.41) is 1.27. The highest BCUT2D eigenvalue weighted by molar-refractivity contribution is 7.18. The molecule has 0 saturated heterocycles. The van der Waals surface area contributed by atoms with Crippen molar-refractivity contribution in [2.24, 2.45) is 7.05 Å². The molecule has 1 aliphatic carbocycles. The molecule has 33 heavy (non-hydrogen) atoms. The molecule has 1 saturated carbocycles. The minimum atomic E-state index is 0. The molecule has 2 heterocycles. The molecule has 2 aliphatic rings. The average molecular weight is 520 g/mol. The first-order valence-corrected chi connectivity index (χ1v) is 12.2. The second-order valence-electron chi connectivity index (χ2n) is 8.79. The molecule has 6 rings (SSSR count). The van der Waals surface area contributed by atoms with E-state index < -0.39 is 0 Å². The summed E-state index contributed by atoms with van der Waals surface area (Å²) in [5.41, 5.74) is 6.66. The van der Waals surface area contributed by atoms with Crippen LogP contribution in [0.1, 0.15) is 41.3 Å². The third-order valence-electron chi connectivity index (χ3n) is 7.04. The van der Waals surface area contributed by atoms with Crippen LogP contribution in [0.5, 0.6) is 5.75 Å². The zero-order valence-electron chi connectivity index (χ0n) is 18.9. The van der Waals surface area contributed by atoms with E-state index >= 15 is 0 Å². The van der Waals surface area contributed by atoms with Gasteiger partial charge in [0, 0.05) is 41.5 Å². The number of anilines is 2. The SMILES string of the molecule is COc1cccc(N2c3ccc(/C=C/c4sc5ccccc5[n+]4C)cc3C3CCCC32)c1.[Br-]. The number of nitrogens with zero attached hydrogens (tertiary/aromatic N) is 2. The number of hydrogen-bond acceptors (Lipinski definition) is 3. The van der Waals surface area contributed by atoms with Gasteiger partial charge >= 0.3 is 0 Å². The van der Waals surface area contributed by atoms with E-state index in [4.69, 9.17) is 4.74 Å². The molecule has 1 fully saturated rings. The van der Waals surface area contributed by atoms with Crippen LogP contribution in [-0.4, -0.2) is 13.2 Å². The average Bonchev–Trinajstić information content (AvgIpc) is 3.51. The number of methoxy groups -OCH3 is 1. The molecule has 0 bridgehead atoms. The van der Waals surface area contributed by atoms with E-state index in [9.17, 15) is 0 Å². The highest BCUT2D eigenvalue weighted by Gasteiger charge is 2.42. The Morgan fingerprint density at radius 2 is 1.88 bits per heavy atom. The van der Waals surface area contributed by atoms with Gasteiger partial charge in [-0.2, -0.15) is 4.57 Å². The summed E-state index contributed by atoms with van der Waals surface area (Å²) >= 11 is 1.84. The van der Waals surface area contributed by atoms with Crippen LogP contribution in [0.3, 0.4) is 0 Å². The third kappa shape index (κ3) is 3.77. The van der Waals surface area contributed by atoms with Crippen LogP contribution < -0.4 is 31.2 Å². The smallest absolute Gasteiger partial charge is 0.262 e. The van der Waals surface area contributed by atoms with Crippen molar-refractivity contribution in [3.63, 3.8) is 0 Å². The first-order chi connectivity index (χ1) is 15.7. The molecule has 1 aromatic heterocycles. The number of para-hydroxylation sites is 1. The second kappa shape index (κ2) is 8.96.